The van der Waals surface area contributed by atoms with Crippen molar-refractivity contribution in [2.45, 2.75) is 84.2 Å². The Kier molecular flexibility index (Phi) is 20.3. The number of nitrogens with two attached hydrogens (primary N) is 2. The minimum Gasteiger partial charge on any atom is -0.443 e. The maximum Gasteiger partial charge on any atom is 0.422 e. The fraction of sp³-hybridized carbons (Fsp3) is 0.232. The number of pyridine rings is 3. The van der Waals surface area contributed by atoms with Crippen molar-refractivity contribution in [1.29, 1.82) is 0 Å². The van der Waals surface area contributed by atoms with Gasteiger partial charge in [-0.3, -0.25) is 0 Å². The molecule has 3 unspecified atom stereocenters. The number of thiazole rings is 3. The van der Waals surface area contributed by atoms with Crippen LogP contribution in [-0.2, 0) is 60.6 Å². The molecule has 1 amide bonds. The van der Waals surface area contributed by atoms with Crippen LogP contribution in [0.25, 0.3) is 64.0 Å². The summed E-state index contributed by atoms with van der Waals surface area (Å²) in [5.74, 6) is -1.77. The molecule has 9 heterocycles. The Bertz CT molecular complexity index is 5090. The van der Waals surface area contributed by atoms with Gasteiger partial charge < -0.3 is 23.1 Å². The normalized spacial score (nSPS) is 13.4. The molecule has 0 radical (unpaired) electrons. The lowest BCUT2D eigenvalue weighted by Gasteiger charge is -2.19. The molecular weight excluding hydrogens is 1370 g/mol. The molecule has 9 aromatic heterocycles. The highest BCUT2D eigenvalue weighted by Gasteiger charge is 2.36. The molecule has 0 fully saturated rings. The maximum absolute atomic E-state index is 13.1. The third-order valence-electron chi connectivity index (χ3n) is 13.0. The van der Waals surface area contributed by atoms with E-state index in [1.165, 1.54) is 77.7 Å². The summed E-state index contributed by atoms with van der Waals surface area (Å²) < 4.78 is 139. The number of nitrogens with zero attached hydrogens (tertiary/aromatic N) is 12. The minimum atomic E-state index is -4.20. The Labute approximate surface area is 549 Å². The van der Waals surface area contributed by atoms with E-state index in [1.54, 1.807) is 49.8 Å². The highest BCUT2D eigenvalue weighted by molar-refractivity contribution is 7.88. The van der Waals surface area contributed by atoms with Crippen molar-refractivity contribution in [2.75, 3.05) is 0 Å². The van der Waals surface area contributed by atoms with Gasteiger partial charge in [0.1, 0.15) is 20.6 Å². The SMILES string of the molecule is CC(O)(c1nnc(CNS(N)(=O)=O)o1)c1nc2ccc(-c3ccc(F)nc3)cc2s1.CC(c1nnc(CNS(=O)(=O)NC(=O)OC(C)(C)C)o1)c1nc2ccc(-c3ccc(F)nc3)cc2s1.CC(c1nnc(CNS(N)(=O)=O)o1)c1nc2ccc(-c3ccc(F)nc3)cc2s1. The second kappa shape index (κ2) is 28.1. The van der Waals surface area contributed by atoms with E-state index >= 15 is 0 Å². The molecule has 9 N–H and O–H groups in total. The zero-order valence-corrected chi connectivity index (χ0v) is 55.1. The lowest BCUT2D eigenvalue weighted by molar-refractivity contribution is 0.0569. The molecule has 12 aromatic rings. The summed E-state index contributed by atoms with van der Waals surface area (Å²) in [6, 6.07) is 25.8. The van der Waals surface area contributed by atoms with Crippen LogP contribution in [0.15, 0.2) is 123 Å². The molecule has 496 valence electrons. The van der Waals surface area contributed by atoms with Crippen LogP contribution in [0.5, 0.6) is 0 Å². The van der Waals surface area contributed by atoms with Gasteiger partial charge in [0.05, 0.1) is 62.1 Å². The predicted octanol–water partition coefficient (Wildman–Crippen LogP) is 7.65. The van der Waals surface area contributed by atoms with Gasteiger partial charge in [0.2, 0.25) is 47.3 Å². The molecular formula is C56H53F3N18O12S6. The van der Waals surface area contributed by atoms with E-state index in [2.05, 4.69) is 69.9 Å². The molecule has 30 nitrogen and oxygen atoms in total. The van der Waals surface area contributed by atoms with Gasteiger partial charge in [-0.25, -0.2) is 49.7 Å². The van der Waals surface area contributed by atoms with Crippen LogP contribution in [0.3, 0.4) is 0 Å². The van der Waals surface area contributed by atoms with Crippen LogP contribution < -0.4 is 29.2 Å². The topological polar surface area (TPSA) is 443 Å². The van der Waals surface area contributed by atoms with E-state index < -0.39 is 65.8 Å². The van der Waals surface area contributed by atoms with Crippen molar-refractivity contribution in [1.82, 2.24) is 79.4 Å². The number of benzene rings is 3. The van der Waals surface area contributed by atoms with Gasteiger partial charge in [0, 0.05) is 35.3 Å². The monoisotopic (exact) mass is 1420 g/mol. The number of aliphatic hydroxyl groups is 1. The van der Waals surface area contributed by atoms with Crippen LogP contribution in [0, 0.1) is 17.8 Å². The standard InChI is InChI=1S/C22H23FN6O5S2.C17H15FN6O4S2.C17H15FN6O3S2/c1-12(19-28-27-18(33-19)11-25-36(31,32)29-21(30)34-22(2,3)4)20-26-15-7-5-13(9-16(15)35-20)14-6-8-17(23)24-10-14;1-17(25,15-24-23-14(28-15)8-21-30(19,26)27)16-22-11-4-2-9(6-12(11)29-16)10-3-5-13(18)20-7-10;1-9(16-24-23-15(27-16)8-21-29(19,25)26)17-22-12-4-2-10(6-13(12)28-17)11-3-5-14(18)20-7-11/h5-10,12,25H,11H2,1-4H3,(H,29,30);2-7,21,25H,8H2,1H3,(H2,19,26,27);2-7,9,21H,8H2,1H3,(H2,19,25,26). The van der Waals surface area contributed by atoms with Crippen molar-refractivity contribution in [3.05, 3.63) is 178 Å². The molecule has 0 aliphatic rings. The molecule has 0 spiro atoms. The highest BCUT2D eigenvalue weighted by atomic mass is 32.2. The fourth-order valence-corrected chi connectivity index (χ4v) is 12.8. The molecule has 39 heteroatoms. The molecule has 95 heavy (non-hydrogen) atoms. The zero-order chi connectivity index (χ0) is 68.2. The molecule has 0 saturated heterocycles. The van der Waals surface area contributed by atoms with Crippen molar-refractivity contribution in [3.8, 4) is 33.4 Å². The van der Waals surface area contributed by atoms with Gasteiger partial charge in [0.15, 0.2) is 5.60 Å². The summed E-state index contributed by atoms with van der Waals surface area (Å²) in [7, 11) is -12.0. The average Bonchev–Trinajstić information content (AvgIpc) is 1.65. The second-order valence-corrected chi connectivity index (χ2v) is 28.9. The first-order valence-corrected chi connectivity index (χ1v) is 34.6. The van der Waals surface area contributed by atoms with E-state index in [-0.39, 0.29) is 60.9 Å². The largest absolute Gasteiger partial charge is 0.443 e. The van der Waals surface area contributed by atoms with Gasteiger partial charge in [-0.05, 0) is 131 Å². The molecule has 3 atom stereocenters. The third-order valence-corrected chi connectivity index (χ3v) is 18.7. The van der Waals surface area contributed by atoms with Crippen LogP contribution in [-0.4, -0.2) is 103 Å². The summed E-state index contributed by atoms with van der Waals surface area (Å²) in [5.41, 5.74) is 4.62. The highest BCUT2D eigenvalue weighted by Crippen LogP contribution is 2.38. The lowest BCUT2D eigenvalue weighted by Crippen LogP contribution is -2.42. The number of nitrogens with one attached hydrogen (secondary N) is 4. The van der Waals surface area contributed by atoms with E-state index in [0.29, 0.717) is 16.4 Å². The number of carbonyl (C=O) groups is 1. The number of ether oxygens (including phenoxy) is 1. The first-order chi connectivity index (χ1) is 44.8. The van der Waals surface area contributed by atoms with Gasteiger partial charge in [0.25, 0.3) is 26.3 Å². The quantitative estimate of drug-likeness (QED) is 0.0382. The Balaban J connectivity index is 0.000000156. The number of halogens is 3. The Morgan fingerprint density at radius 1 is 0.537 bits per heavy atom. The Morgan fingerprint density at radius 3 is 1.32 bits per heavy atom. The molecule has 3 aromatic carbocycles. The number of amides is 1. The third kappa shape index (κ3) is 18.2. The van der Waals surface area contributed by atoms with Gasteiger partial charge in [-0.15, -0.1) is 64.6 Å². The van der Waals surface area contributed by atoms with E-state index in [0.717, 1.165) is 68.5 Å². The number of hydrogen-bond donors (Lipinski definition) is 7. The zero-order valence-electron chi connectivity index (χ0n) is 50.2. The minimum absolute atomic E-state index is 0.0126. The van der Waals surface area contributed by atoms with Crippen LogP contribution in [0.2, 0.25) is 0 Å². The number of carbonyl (C=O) groups excluding carboxylic acids is 1. The Hall–Kier alpha value is -9.13. The van der Waals surface area contributed by atoms with E-state index in [9.17, 15) is 48.3 Å². The van der Waals surface area contributed by atoms with Crippen molar-refractivity contribution in [2.24, 2.45) is 10.3 Å². The molecule has 0 aliphatic heterocycles. The summed E-state index contributed by atoms with van der Waals surface area (Å²) in [6.45, 7) is 9.17. The lowest BCUT2D eigenvalue weighted by atomic mass is 10.1. The Morgan fingerprint density at radius 2 is 0.916 bits per heavy atom. The van der Waals surface area contributed by atoms with Crippen LogP contribution in [0.4, 0.5) is 18.0 Å². The predicted molar refractivity (Wildman–Crippen MR) is 340 cm³/mol. The summed E-state index contributed by atoms with van der Waals surface area (Å²) in [4.78, 5) is 36.4. The summed E-state index contributed by atoms with van der Waals surface area (Å²) >= 11 is 4.14. The van der Waals surface area contributed by atoms with Crippen molar-refractivity contribution >= 4 is 101 Å². The first-order valence-electron chi connectivity index (χ1n) is 27.6. The number of hydrogen-bond acceptors (Lipinski definition) is 27. The molecule has 12 rings (SSSR count). The average molecular weight is 1420 g/mol. The molecule has 0 saturated carbocycles. The van der Waals surface area contributed by atoms with E-state index in [4.69, 9.17) is 28.3 Å². The van der Waals surface area contributed by atoms with Gasteiger partial charge >= 0.3 is 16.3 Å². The van der Waals surface area contributed by atoms with Gasteiger partial charge in [-0.1, -0.05) is 18.2 Å². The smallest absolute Gasteiger partial charge is 0.422 e. The first kappa shape index (κ1) is 68.7. The van der Waals surface area contributed by atoms with Crippen LogP contribution >= 0.6 is 34.0 Å². The van der Waals surface area contributed by atoms with Gasteiger partial charge in [-0.2, -0.15) is 52.6 Å². The summed E-state index contributed by atoms with van der Waals surface area (Å²) in [5, 5.41) is 45.7. The fourth-order valence-electron chi connectivity index (χ4n) is 8.34. The van der Waals surface area contributed by atoms with Crippen LogP contribution in [0.1, 0.15) is 104 Å². The summed E-state index contributed by atoms with van der Waals surface area (Å²) in [6.07, 6.45) is 3.28. The number of rotatable bonds is 19. The van der Waals surface area contributed by atoms with Crippen molar-refractivity contribution in [3.63, 3.8) is 0 Å². The number of aromatic nitrogens is 12. The second-order valence-electron chi connectivity index (χ2n) is 21.5. The number of fused-ring (bicyclic) bond motifs is 3. The van der Waals surface area contributed by atoms with E-state index in [1.807, 2.05) is 67.1 Å². The van der Waals surface area contributed by atoms with Crippen molar-refractivity contribution < 1.29 is 66.3 Å². The molecule has 0 aliphatic carbocycles. The molecule has 0 bridgehead atoms. The maximum atomic E-state index is 13.1.